The molecule has 0 amide bonds. The standard InChI is InChI=1S/C12H22N4/c1-4-14-12-15-8-11(9-16-12)7-13-6-5-10(2)3/h8-10,13H,4-7H2,1-3H3,(H,14,15,16). The third-order valence-corrected chi connectivity index (χ3v) is 2.27. The second kappa shape index (κ2) is 7.17. The zero-order valence-electron chi connectivity index (χ0n) is 10.5. The van der Waals surface area contributed by atoms with Crippen LogP contribution in [-0.2, 0) is 6.54 Å². The minimum atomic E-state index is 0.702. The summed E-state index contributed by atoms with van der Waals surface area (Å²) in [5.41, 5.74) is 1.13. The van der Waals surface area contributed by atoms with E-state index in [1.54, 1.807) is 0 Å². The first kappa shape index (κ1) is 12.9. The minimum Gasteiger partial charge on any atom is -0.355 e. The average Bonchev–Trinajstić information content (AvgIpc) is 2.27. The molecule has 1 heterocycles. The third-order valence-electron chi connectivity index (χ3n) is 2.27. The van der Waals surface area contributed by atoms with Gasteiger partial charge in [-0.3, -0.25) is 0 Å². The summed E-state index contributed by atoms with van der Waals surface area (Å²) in [5.74, 6) is 1.45. The Balaban J connectivity index is 2.26. The molecule has 0 radical (unpaired) electrons. The van der Waals surface area contributed by atoms with Crippen molar-refractivity contribution < 1.29 is 0 Å². The molecule has 0 aliphatic heterocycles. The van der Waals surface area contributed by atoms with Gasteiger partial charge in [0.1, 0.15) is 0 Å². The number of nitrogens with zero attached hydrogens (tertiary/aromatic N) is 2. The normalized spacial score (nSPS) is 10.8. The molecule has 0 bridgehead atoms. The lowest BCUT2D eigenvalue weighted by Crippen LogP contribution is -2.16. The zero-order chi connectivity index (χ0) is 11.8. The number of rotatable bonds is 7. The second-order valence-electron chi connectivity index (χ2n) is 4.30. The van der Waals surface area contributed by atoms with Crippen LogP contribution in [0, 0.1) is 5.92 Å². The first-order valence-corrected chi connectivity index (χ1v) is 5.98. The van der Waals surface area contributed by atoms with Crippen molar-refractivity contribution in [3.05, 3.63) is 18.0 Å². The van der Waals surface area contributed by atoms with E-state index in [1.165, 1.54) is 6.42 Å². The van der Waals surface area contributed by atoms with Crippen LogP contribution < -0.4 is 10.6 Å². The van der Waals surface area contributed by atoms with Crippen molar-refractivity contribution in [1.29, 1.82) is 0 Å². The summed E-state index contributed by atoms with van der Waals surface area (Å²) in [4.78, 5) is 8.44. The van der Waals surface area contributed by atoms with E-state index in [0.717, 1.165) is 31.1 Å². The minimum absolute atomic E-state index is 0.702. The van der Waals surface area contributed by atoms with Gasteiger partial charge in [-0.1, -0.05) is 13.8 Å². The Morgan fingerprint density at radius 3 is 2.50 bits per heavy atom. The van der Waals surface area contributed by atoms with Crippen LogP contribution in [0.3, 0.4) is 0 Å². The number of nitrogens with one attached hydrogen (secondary N) is 2. The Morgan fingerprint density at radius 1 is 1.25 bits per heavy atom. The van der Waals surface area contributed by atoms with E-state index < -0.39 is 0 Å². The van der Waals surface area contributed by atoms with Crippen molar-refractivity contribution in [2.45, 2.75) is 33.7 Å². The van der Waals surface area contributed by atoms with E-state index in [9.17, 15) is 0 Å². The molecule has 0 aromatic carbocycles. The molecular weight excluding hydrogens is 200 g/mol. The molecule has 1 rings (SSSR count). The first-order chi connectivity index (χ1) is 7.72. The molecule has 0 fully saturated rings. The Labute approximate surface area is 97.9 Å². The summed E-state index contributed by atoms with van der Waals surface area (Å²) in [6, 6.07) is 0. The maximum absolute atomic E-state index is 4.22. The fraction of sp³-hybridized carbons (Fsp3) is 0.667. The van der Waals surface area contributed by atoms with Crippen molar-refractivity contribution in [1.82, 2.24) is 15.3 Å². The predicted octanol–water partition coefficient (Wildman–Crippen LogP) is 2.04. The van der Waals surface area contributed by atoms with Gasteiger partial charge in [0, 0.05) is 31.0 Å². The Hall–Kier alpha value is -1.16. The molecule has 0 aliphatic rings. The molecule has 0 saturated carbocycles. The largest absolute Gasteiger partial charge is 0.355 e. The summed E-state index contributed by atoms with van der Waals surface area (Å²) < 4.78 is 0. The summed E-state index contributed by atoms with van der Waals surface area (Å²) in [6.45, 7) is 9.24. The maximum atomic E-state index is 4.22. The quantitative estimate of drug-likeness (QED) is 0.693. The molecule has 0 saturated heterocycles. The van der Waals surface area contributed by atoms with E-state index in [-0.39, 0.29) is 0 Å². The van der Waals surface area contributed by atoms with Gasteiger partial charge in [-0.15, -0.1) is 0 Å². The van der Waals surface area contributed by atoms with Crippen LogP contribution in [0.2, 0.25) is 0 Å². The molecule has 4 nitrogen and oxygen atoms in total. The number of anilines is 1. The van der Waals surface area contributed by atoms with Gasteiger partial charge in [-0.25, -0.2) is 9.97 Å². The van der Waals surface area contributed by atoms with Crippen LogP contribution in [0.5, 0.6) is 0 Å². The molecule has 0 unspecified atom stereocenters. The second-order valence-corrected chi connectivity index (χ2v) is 4.30. The number of aromatic nitrogens is 2. The predicted molar refractivity (Wildman–Crippen MR) is 67.4 cm³/mol. The monoisotopic (exact) mass is 222 g/mol. The fourth-order valence-electron chi connectivity index (χ4n) is 1.32. The highest BCUT2D eigenvalue weighted by Gasteiger charge is 1.97. The van der Waals surface area contributed by atoms with E-state index in [4.69, 9.17) is 0 Å². The molecule has 16 heavy (non-hydrogen) atoms. The van der Waals surface area contributed by atoms with Gasteiger partial charge < -0.3 is 10.6 Å². The summed E-state index contributed by atoms with van der Waals surface area (Å²) in [5, 5.41) is 6.46. The molecule has 90 valence electrons. The van der Waals surface area contributed by atoms with Gasteiger partial charge in [0.2, 0.25) is 5.95 Å². The smallest absolute Gasteiger partial charge is 0.222 e. The van der Waals surface area contributed by atoms with Gasteiger partial charge >= 0.3 is 0 Å². The van der Waals surface area contributed by atoms with Crippen molar-refractivity contribution in [2.24, 2.45) is 5.92 Å². The Kier molecular flexibility index (Phi) is 5.78. The molecule has 0 aliphatic carbocycles. The van der Waals surface area contributed by atoms with Crippen LogP contribution in [-0.4, -0.2) is 23.1 Å². The lowest BCUT2D eigenvalue weighted by molar-refractivity contribution is 0.537. The molecule has 4 heteroatoms. The van der Waals surface area contributed by atoms with Gasteiger partial charge in [0.05, 0.1) is 0 Å². The average molecular weight is 222 g/mol. The molecule has 1 aromatic heterocycles. The fourth-order valence-corrected chi connectivity index (χ4v) is 1.32. The zero-order valence-corrected chi connectivity index (χ0v) is 10.5. The lowest BCUT2D eigenvalue weighted by Gasteiger charge is -2.07. The summed E-state index contributed by atoms with van der Waals surface area (Å²) >= 11 is 0. The van der Waals surface area contributed by atoms with Gasteiger partial charge in [-0.2, -0.15) is 0 Å². The van der Waals surface area contributed by atoms with E-state index >= 15 is 0 Å². The van der Waals surface area contributed by atoms with E-state index in [2.05, 4.69) is 34.4 Å². The van der Waals surface area contributed by atoms with Crippen LogP contribution in [0.15, 0.2) is 12.4 Å². The number of hydrogen-bond acceptors (Lipinski definition) is 4. The summed E-state index contributed by atoms with van der Waals surface area (Å²) in [6.07, 6.45) is 4.94. The number of hydrogen-bond donors (Lipinski definition) is 2. The topological polar surface area (TPSA) is 49.8 Å². The highest BCUT2D eigenvalue weighted by Crippen LogP contribution is 2.00. The van der Waals surface area contributed by atoms with Gasteiger partial charge in [0.25, 0.3) is 0 Å². The first-order valence-electron chi connectivity index (χ1n) is 5.98. The molecule has 0 spiro atoms. The molecule has 0 atom stereocenters. The van der Waals surface area contributed by atoms with E-state index in [0.29, 0.717) is 5.95 Å². The summed E-state index contributed by atoms with van der Waals surface area (Å²) in [7, 11) is 0. The maximum Gasteiger partial charge on any atom is 0.222 e. The molecular formula is C12H22N4. The van der Waals surface area contributed by atoms with Crippen molar-refractivity contribution in [2.75, 3.05) is 18.4 Å². The third kappa shape index (κ3) is 5.07. The Bertz CT molecular complexity index is 282. The van der Waals surface area contributed by atoms with Crippen LogP contribution >= 0.6 is 0 Å². The highest BCUT2D eigenvalue weighted by molar-refractivity contribution is 5.24. The van der Waals surface area contributed by atoms with Crippen molar-refractivity contribution >= 4 is 5.95 Å². The lowest BCUT2D eigenvalue weighted by atomic mass is 10.1. The Morgan fingerprint density at radius 2 is 1.94 bits per heavy atom. The van der Waals surface area contributed by atoms with Crippen LogP contribution in [0.4, 0.5) is 5.95 Å². The molecule has 2 N–H and O–H groups in total. The van der Waals surface area contributed by atoms with E-state index in [1.807, 2.05) is 19.3 Å². The van der Waals surface area contributed by atoms with Gasteiger partial charge in [0.15, 0.2) is 0 Å². The highest BCUT2D eigenvalue weighted by atomic mass is 15.1. The SMILES string of the molecule is CCNc1ncc(CNCCC(C)C)cn1. The van der Waals surface area contributed by atoms with Crippen LogP contribution in [0.25, 0.3) is 0 Å². The van der Waals surface area contributed by atoms with Gasteiger partial charge in [-0.05, 0) is 25.8 Å². The van der Waals surface area contributed by atoms with Crippen LogP contribution in [0.1, 0.15) is 32.8 Å². The molecule has 1 aromatic rings. The van der Waals surface area contributed by atoms with Crippen molar-refractivity contribution in [3.8, 4) is 0 Å². The van der Waals surface area contributed by atoms with Crippen molar-refractivity contribution in [3.63, 3.8) is 0 Å².